The third-order valence-corrected chi connectivity index (χ3v) is 5.63. The van der Waals surface area contributed by atoms with E-state index >= 15 is 0 Å². The van der Waals surface area contributed by atoms with E-state index in [9.17, 15) is 9.59 Å². The van der Waals surface area contributed by atoms with E-state index in [1.54, 1.807) is 19.2 Å². The number of nitrogens with zero attached hydrogens (tertiary/aromatic N) is 1. The van der Waals surface area contributed by atoms with Crippen molar-refractivity contribution in [3.8, 4) is 11.5 Å². The van der Waals surface area contributed by atoms with Crippen LogP contribution in [0.3, 0.4) is 0 Å². The average molecular weight is 494 g/mol. The molecule has 1 heterocycles. The van der Waals surface area contributed by atoms with Crippen LogP contribution in [0.4, 0.5) is 0 Å². The lowest BCUT2D eigenvalue weighted by molar-refractivity contribution is 0.0792. The molecule has 1 fully saturated rings. The molecule has 1 N–H and O–H groups in total. The number of ether oxygens (including phenoxy) is 2. The van der Waals surface area contributed by atoms with Crippen LogP contribution >= 0.6 is 22.6 Å². The highest BCUT2D eigenvalue weighted by atomic mass is 127. The number of amides is 2. The summed E-state index contributed by atoms with van der Waals surface area (Å²) in [6.45, 7) is 1.97. The quantitative estimate of drug-likeness (QED) is 0.625. The Morgan fingerprint density at radius 2 is 1.75 bits per heavy atom. The third-order valence-electron chi connectivity index (χ3n) is 4.74. The molecule has 0 spiro atoms. The van der Waals surface area contributed by atoms with Gasteiger partial charge < -0.3 is 19.7 Å². The van der Waals surface area contributed by atoms with Gasteiger partial charge in [0.25, 0.3) is 11.8 Å². The van der Waals surface area contributed by atoms with Crippen molar-refractivity contribution in [1.29, 1.82) is 0 Å². The van der Waals surface area contributed by atoms with Crippen LogP contribution in [0.2, 0.25) is 0 Å². The predicted octanol–water partition coefficient (Wildman–Crippen LogP) is 3.47. The molecule has 1 saturated heterocycles. The zero-order valence-electron chi connectivity index (χ0n) is 16.0. The maximum Gasteiger partial charge on any atom is 0.253 e. The Balaban J connectivity index is 1.69. The first-order chi connectivity index (χ1) is 13.5. The van der Waals surface area contributed by atoms with Crippen LogP contribution < -0.4 is 14.8 Å². The molecule has 28 heavy (non-hydrogen) atoms. The van der Waals surface area contributed by atoms with Crippen molar-refractivity contribution in [1.82, 2.24) is 10.2 Å². The van der Waals surface area contributed by atoms with Crippen molar-refractivity contribution in [2.24, 2.45) is 0 Å². The monoisotopic (exact) mass is 494 g/mol. The predicted molar refractivity (Wildman–Crippen MR) is 115 cm³/mol. The highest BCUT2D eigenvalue weighted by Gasteiger charge is 2.20. The van der Waals surface area contributed by atoms with Gasteiger partial charge in [-0.1, -0.05) is 12.1 Å². The molecule has 0 bridgehead atoms. The zero-order chi connectivity index (χ0) is 20.1. The molecule has 0 aromatic heterocycles. The summed E-state index contributed by atoms with van der Waals surface area (Å²) in [6, 6.07) is 10.9. The molecule has 3 rings (SSSR count). The van der Waals surface area contributed by atoms with Crippen LogP contribution in [0.5, 0.6) is 11.5 Å². The van der Waals surface area contributed by atoms with E-state index in [1.165, 1.54) is 7.11 Å². The number of likely N-dealkylation sites (tertiary alicyclic amines) is 1. The number of carbonyl (C=O) groups is 2. The molecule has 7 heteroatoms. The van der Waals surface area contributed by atoms with Gasteiger partial charge in [-0.15, -0.1) is 0 Å². The fourth-order valence-electron chi connectivity index (χ4n) is 3.22. The first kappa shape index (κ1) is 20.4. The Hall–Kier alpha value is -2.29. The van der Waals surface area contributed by atoms with E-state index in [0.29, 0.717) is 29.2 Å². The molecule has 0 radical (unpaired) electrons. The maximum atomic E-state index is 12.6. The summed E-state index contributed by atoms with van der Waals surface area (Å²) >= 11 is 2.10. The summed E-state index contributed by atoms with van der Waals surface area (Å²) in [5.41, 5.74) is 2.06. The lowest BCUT2D eigenvalue weighted by atomic mass is 10.1. The van der Waals surface area contributed by atoms with Crippen molar-refractivity contribution in [3.05, 3.63) is 56.7 Å². The number of hydrogen-bond acceptors (Lipinski definition) is 4. The molecule has 2 amide bonds. The average Bonchev–Trinajstić information content (AvgIpc) is 3.26. The van der Waals surface area contributed by atoms with Gasteiger partial charge in [-0.25, -0.2) is 0 Å². The van der Waals surface area contributed by atoms with Crippen LogP contribution in [0.25, 0.3) is 0 Å². The Morgan fingerprint density at radius 3 is 2.43 bits per heavy atom. The second-order valence-corrected chi connectivity index (χ2v) is 7.73. The number of benzene rings is 2. The van der Waals surface area contributed by atoms with Gasteiger partial charge in [-0.05, 0) is 65.3 Å². The van der Waals surface area contributed by atoms with Crippen LogP contribution in [0, 0.1) is 3.57 Å². The van der Waals surface area contributed by atoms with E-state index < -0.39 is 0 Å². The molecule has 0 unspecified atom stereocenters. The number of halogens is 1. The van der Waals surface area contributed by atoms with E-state index in [2.05, 4.69) is 27.9 Å². The molecule has 6 nitrogen and oxygen atoms in total. The molecule has 0 aliphatic carbocycles. The van der Waals surface area contributed by atoms with E-state index in [1.807, 2.05) is 29.2 Å². The Kier molecular flexibility index (Phi) is 6.77. The van der Waals surface area contributed by atoms with Crippen molar-refractivity contribution in [2.75, 3.05) is 27.3 Å². The Bertz CT molecular complexity index is 879. The van der Waals surface area contributed by atoms with Crippen LogP contribution in [-0.2, 0) is 6.54 Å². The van der Waals surface area contributed by atoms with E-state index in [0.717, 1.165) is 35.1 Å². The summed E-state index contributed by atoms with van der Waals surface area (Å²) in [5.74, 6) is 0.935. The van der Waals surface area contributed by atoms with Gasteiger partial charge in [0, 0.05) is 28.8 Å². The SMILES string of the molecule is COc1cc(I)c(C(=O)NCc2cccc(C(=O)N3CCCC3)c2)cc1OC. The molecule has 148 valence electrons. The lowest BCUT2D eigenvalue weighted by Gasteiger charge is -2.16. The van der Waals surface area contributed by atoms with Gasteiger partial charge in [-0.2, -0.15) is 0 Å². The second-order valence-electron chi connectivity index (χ2n) is 6.57. The minimum Gasteiger partial charge on any atom is -0.493 e. The van der Waals surface area contributed by atoms with Gasteiger partial charge in [-0.3, -0.25) is 9.59 Å². The number of rotatable bonds is 6. The molecular formula is C21H23IN2O4. The first-order valence-electron chi connectivity index (χ1n) is 9.11. The topological polar surface area (TPSA) is 67.9 Å². The van der Waals surface area contributed by atoms with E-state index in [4.69, 9.17) is 9.47 Å². The minimum atomic E-state index is -0.207. The largest absolute Gasteiger partial charge is 0.493 e. The number of nitrogens with one attached hydrogen (secondary N) is 1. The van der Waals surface area contributed by atoms with Crippen LogP contribution in [0.1, 0.15) is 39.1 Å². The second kappa shape index (κ2) is 9.27. The molecule has 1 aliphatic heterocycles. The normalized spacial score (nSPS) is 13.3. The highest BCUT2D eigenvalue weighted by Crippen LogP contribution is 2.31. The molecule has 0 saturated carbocycles. The zero-order valence-corrected chi connectivity index (χ0v) is 18.1. The molecule has 2 aromatic carbocycles. The summed E-state index contributed by atoms with van der Waals surface area (Å²) in [5, 5.41) is 2.92. The molecule has 1 aliphatic rings. The number of hydrogen-bond donors (Lipinski definition) is 1. The van der Waals surface area contributed by atoms with Gasteiger partial charge in [0.1, 0.15) is 0 Å². The Labute approximate surface area is 178 Å². The van der Waals surface area contributed by atoms with Crippen molar-refractivity contribution in [3.63, 3.8) is 0 Å². The van der Waals surface area contributed by atoms with Crippen LogP contribution in [0.15, 0.2) is 36.4 Å². The molecular weight excluding hydrogens is 471 g/mol. The minimum absolute atomic E-state index is 0.0557. The lowest BCUT2D eigenvalue weighted by Crippen LogP contribution is -2.28. The van der Waals surface area contributed by atoms with Gasteiger partial charge in [0.2, 0.25) is 0 Å². The summed E-state index contributed by atoms with van der Waals surface area (Å²) in [4.78, 5) is 27.1. The van der Waals surface area contributed by atoms with Crippen molar-refractivity contribution in [2.45, 2.75) is 19.4 Å². The smallest absolute Gasteiger partial charge is 0.253 e. The fraction of sp³-hybridized carbons (Fsp3) is 0.333. The standard InChI is InChI=1S/C21H23IN2O4/c1-27-18-11-16(17(22)12-19(18)28-2)20(25)23-13-14-6-5-7-15(10-14)21(26)24-8-3-4-9-24/h5-7,10-12H,3-4,8-9,13H2,1-2H3,(H,23,25). The summed E-state index contributed by atoms with van der Waals surface area (Å²) in [6.07, 6.45) is 2.12. The molecule has 0 atom stereocenters. The first-order valence-corrected chi connectivity index (χ1v) is 10.2. The highest BCUT2D eigenvalue weighted by molar-refractivity contribution is 14.1. The Morgan fingerprint density at radius 1 is 1.07 bits per heavy atom. The van der Waals surface area contributed by atoms with E-state index in [-0.39, 0.29) is 11.8 Å². The summed E-state index contributed by atoms with van der Waals surface area (Å²) in [7, 11) is 3.10. The summed E-state index contributed by atoms with van der Waals surface area (Å²) < 4.78 is 11.3. The third kappa shape index (κ3) is 4.57. The number of methoxy groups -OCH3 is 2. The molecule has 2 aromatic rings. The number of carbonyl (C=O) groups excluding carboxylic acids is 2. The maximum absolute atomic E-state index is 12.6. The van der Waals surface area contributed by atoms with Crippen LogP contribution in [-0.4, -0.2) is 44.0 Å². The van der Waals surface area contributed by atoms with Gasteiger partial charge in [0.05, 0.1) is 19.8 Å². The van der Waals surface area contributed by atoms with Gasteiger partial charge >= 0.3 is 0 Å². The van der Waals surface area contributed by atoms with Crippen molar-refractivity contribution >= 4 is 34.4 Å². The van der Waals surface area contributed by atoms with Gasteiger partial charge in [0.15, 0.2) is 11.5 Å². The van der Waals surface area contributed by atoms with Crippen molar-refractivity contribution < 1.29 is 19.1 Å². The fourth-order valence-corrected chi connectivity index (χ4v) is 3.91.